The molecule has 2 rings (SSSR count). The van der Waals surface area contributed by atoms with Crippen LogP contribution < -0.4 is 0 Å². The minimum atomic E-state index is -0.405. The van der Waals surface area contributed by atoms with E-state index in [4.69, 9.17) is 9.47 Å². The van der Waals surface area contributed by atoms with Gasteiger partial charge in [-0.1, -0.05) is 31.1 Å². The van der Waals surface area contributed by atoms with E-state index in [1.807, 2.05) is 6.92 Å². The van der Waals surface area contributed by atoms with Crippen molar-refractivity contribution in [1.29, 1.82) is 0 Å². The maximum atomic E-state index is 12.6. The molecule has 2 aliphatic rings. The minimum Gasteiger partial charge on any atom is -0.469 e. The molecule has 4 atom stereocenters. The number of carbonyl (C=O) groups is 2. The lowest BCUT2D eigenvalue weighted by Crippen LogP contribution is -2.53. The molecule has 0 aromatic carbocycles. The molecular weight excluding hydrogens is 328 g/mol. The molecule has 0 heterocycles. The second kappa shape index (κ2) is 7.98. The van der Waals surface area contributed by atoms with Gasteiger partial charge in [-0.25, -0.2) is 4.79 Å². The molecule has 0 aromatic rings. The Balaban J connectivity index is 2.23. The first kappa shape index (κ1) is 20.7. The molecule has 4 nitrogen and oxygen atoms in total. The Morgan fingerprint density at radius 1 is 1.23 bits per heavy atom. The highest BCUT2D eigenvalue weighted by atomic mass is 16.5. The lowest BCUT2D eigenvalue weighted by atomic mass is 9.46. The van der Waals surface area contributed by atoms with Crippen LogP contribution in [0.3, 0.4) is 0 Å². The van der Waals surface area contributed by atoms with Crippen LogP contribution in [-0.2, 0) is 19.1 Å². The summed E-state index contributed by atoms with van der Waals surface area (Å²) in [5.41, 5.74) is 1.98. The van der Waals surface area contributed by atoms with Crippen molar-refractivity contribution in [2.24, 2.45) is 22.7 Å². The number of carbonyl (C=O) groups excluding carboxylic acids is 2. The lowest BCUT2D eigenvalue weighted by molar-refractivity contribution is -0.168. The molecule has 0 amide bonds. The van der Waals surface area contributed by atoms with Crippen LogP contribution in [0.25, 0.3) is 0 Å². The highest BCUT2D eigenvalue weighted by Gasteiger charge is 2.57. The minimum absolute atomic E-state index is 0.0576. The van der Waals surface area contributed by atoms with Crippen molar-refractivity contribution < 1.29 is 19.1 Å². The summed E-state index contributed by atoms with van der Waals surface area (Å²) in [6, 6.07) is 0. The van der Waals surface area contributed by atoms with Crippen molar-refractivity contribution in [2.75, 3.05) is 14.2 Å². The lowest BCUT2D eigenvalue weighted by Gasteiger charge is -2.57. The monoisotopic (exact) mass is 362 g/mol. The first-order valence-electron chi connectivity index (χ1n) is 9.70. The van der Waals surface area contributed by atoms with Crippen molar-refractivity contribution in [3.05, 3.63) is 23.8 Å². The van der Waals surface area contributed by atoms with Crippen LogP contribution >= 0.6 is 0 Å². The topological polar surface area (TPSA) is 52.6 Å². The summed E-state index contributed by atoms with van der Waals surface area (Å²) in [5.74, 6) is 0.314. The molecular formula is C22H34O4. The Morgan fingerprint density at radius 3 is 2.54 bits per heavy atom. The van der Waals surface area contributed by atoms with Crippen LogP contribution in [0.2, 0.25) is 0 Å². The van der Waals surface area contributed by atoms with Gasteiger partial charge in [-0.2, -0.15) is 0 Å². The molecule has 0 aromatic heterocycles. The molecule has 0 saturated heterocycles. The summed E-state index contributed by atoms with van der Waals surface area (Å²) in [5, 5.41) is 0. The molecule has 0 radical (unpaired) electrons. The summed E-state index contributed by atoms with van der Waals surface area (Å²) in [4.78, 5) is 24.0. The fraction of sp³-hybridized carbons (Fsp3) is 0.727. The zero-order valence-corrected chi connectivity index (χ0v) is 17.0. The molecule has 2 saturated carbocycles. The molecule has 26 heavy (non-hydrogen) atoms. The second-order valence-corrected chi connectivity index (χ2v) is 8.62. The number of ether oxygens (including phenoxy) is 2. The average Bonchev–Trinajstić information content (AvgIpc) is 2.59. The van der Waals surface area contributed by atoms with Crippen LogP contribution in [-0.4, -0.2) is 26.2 Å². The van der Waals surface area contributed by atoms with Gasteiger partial charge in [0.1, 0.15) is 0 Å². The van der Waals surface area contributed by atoms with Gasteiger partial charge in [0.25, 0.3) is 0 Å². The highest BCUT2D eigenvalue weighted by Crippen LogP contribution is 2.62. The van der Waals surface area contributed by atoms with Gasteiger partial charge in [0, 0.05) is 6.08 Å². The Hall–Kier alpha value is -1.58. The predicted octanol–water partition coefficient (Wildman–Crippen LogP) is 4.84. The zero-order valence-electron chi connectivity index (χ0n) is 17.0. The van der Waals surface area contributed by atoms with Crippen LogP contribution in [0, 0.1) is 22.7 Å². The molecule has 0 spiro atoms. The molecule has 0 unspecified atom stereocenters. The van der Waals surface area contributed by atoms with E-state index >= 15 is 0 Å². The number of allylic oxidation sites excluding steroid dienone is 2. The summed E-state index contributed by atoms with van der Waals surface area (Å²) < 4.78 is 9.90. The van der Waals surface area contributed by atoms with Crippen molar-refractivity contribution in [3.63, 3.8) is 0 Å². The number of fused-ring (bicyclic) bond motifs is 1. The Kier molecular flexibility index (Phi) is 6.36. The fourth-order valence-electron chi connectivity index (χ4n) is 5.66. The average molecular weight is 363 g/mol. The Labute approximate surface area is 158 Å². The van der Waals surface area contributed by atoms with Gasteiger partial charge in [0.05, 0.1) is 19.6 Å². The van der Waals surface area contributed by atoms with Crippen LogP contribution in [0.5, 0.6) is 0 Å². The van der Waals surface area contributed by atoms with E-state index < -0.39 is 5.41 Å². The Bertz CT molecular complexity index is 605. The van der Waals surface area contributed by atoms with Gasteiger partial charge in [0.15, 0.2) is 0 Å². The quantitative estimate of drug-likeness (QED) is 0.399. The fourth-order valence-corrected chi connectivity index (χ4v) is 5.66. The third kappa shape index (κ3) is 3.74. The van der Waals surface area contributed by atoms with E-state index in [0.29, 0.717) is 11.8 Å². The standard InChI is InChI=1S/C22H34O4/c1-15(14-19(23)25-5)8-10-17-16(2)9-11-18-21(17,3)12-7-13-22(18,4)20(24)26-6/h14,17-18H,2,7-13H2,1,3-6H3/b15-14-/t17-,18-,21+,22-/m0/s1. The number of esters is 2. The summed E-state index contributed by atoms with van der Waals surface area (Å²) >= 11 is 0. The maximum absolute atomic E-state index is 12.6. The second-order valence-electron chi connectivity index (χ2n) is 8.62. The predicted molar refractivity (Wildman–Crippen MR) is 102 cm³/mol. The van der Waals surface area contributed by atoms with E-state index in [1.165, 1.54) is 19.8 Å². The molecule has 0 N–H and O–H groups in total. The zero-order chi connectivity index (χ0) is 19.5. The number of methoxy groups -OCH3 is 2. The van der Waals surface area contributed by atoms with Gasteiger partial charge in [-0.3, -0.25) is 4.79 Å². The van der Waals surface area contributed by atoms with Gasteiger partial charge < -0.3 is 9.47 Å². The van der Waals surface area contributed by atoms with E-state index in [-0.39, 0.29) is 17.4 Å². The van der Waals surface area contributed by atoms with Gasteiger partial charge >= 0.3 is 11.9 Å². The summed E-state index contributed by atoms with van der Waals surface area (Å²) in [6.45, 7) is 10.8. The normalized spacial score (nSPS) is 34.8. The molecule has 4 heteroatoms. The molecule has 0 bridgehead atoms. The van der Waals surface area contributed by atoms with E-state index in [2.05, 4.69) is 20.4 Å². The smallest absolute Gasteiger partial charge is 0.330 e. The van der Waals surface area contributed by atoms with Crippen molar-refractivity contribution in [2.45, 2.75) is 65.7 Å². The third-order valence-electron chi connectivity index (χ3n) is 7.06. The van der Waals surface area contributed by atoms with Crippen molar-refractivity contribution in [3.8, 4) is 0 Å². The number of hydrogen-bond acceptors (Lipinski definition) is 4. The van der Waals surface area contributed by atoms with Crippen LogP contribution in [0.1, 0.15) is 65.7 Å². The number of hydrogen-bond donors (Lipinski definition) is 0. The van der Waals surface area contributed by atoms with Gasteiger partial charge in [0.2, 0.25) is 0 Å². The van der Waals surface area contributed by atoms with Crippen molar-refractivity contribution in [1.82, 2.24) is 0 Å². The van der Waals surface area contributed by atoms with Gasteiger partial charge in [-0.05, 0) is 69.6 Å². The maximum Gasteiger partial charge on any atom is 0.330 e. The summed E-state index contributed by atoms with van der Waals surface area (Å²) in [6.07, 6.45) is 8.42. The van der Waals surface area contributed by atoms with E-state index in [9.17, 15) is 9.59 Å². The molecule has 2 fully saturated rings. The Morgan fingerprint density at radius 2 is 1.92 bits per heavy atom. The molecule has 146 valence electrons. The van der Waals surface area contributed by atoms with Crippen molar-refractivity contribution >= 4 is 11.9 Å². The molecule has 0 aliphatic heterocycles. The first-order chi connectivity index (χ1) is 12.2. The number of rotatable bonds is 5. The largest absolute Gasteiger partial charge is 0.469 e. The SMILES string of the molecule is C=C1CC[C@H]2[C@](C)(CCC[C@]2(C)C(=O)OC)[C@H]1CC/C(C)=C\C(=O)OC. The highest BCUT2D eigenvalue weighted by molar-refractivity contribution is 5.82. The van der Waals surface area contributed by atoms with Gasteiger partial charge in [-0.15, -0.1) is 0 Å². The third-order valence-corrected chi connectivity index (χ3v) is 7.06. The van der Waals surface area contributed by atoms with Crippen LogP contribution in [0.15, 0.2) is 23.8 Å². The van der Waals surface area contributed by atoms with E-state index in [1.54, 1.807) is 6.08 Å². The summed E-state index contributed by atoms with van der Waals surface area (Å²) in [7, 11) is 2.90. The van der Waals surface area contributed by atoms with E-state index in [0.717, 1.165) is 50.5 Å². The first-order valence-corrected chi connectivity index (χ1v) is 9.70. The van der Waals surface area contributed by atoms with Crippen LogP contribution in [0.4, 0.5) is 0 Å². The molecule has 2 aliphatic carbocycles.